The summed E-state index contributed by atoms with van der Waals surface area (Å²) in [5.74, 6) is -0.255. The topological polar surface area (TPSA) is 12.0 Å². The number of rotatable bonds is 4. The van der Waals surface area contributed by atoms with E-state index in [9.17, 15) is 4.39 Å². The van der Waals surface area contributed by atoms with E-state index in [0.717, 1.165) is 5.56 Å². The zero-order valence-corrected chi connectivity index (χ0v) is 11.0. The van der Waals surface area contributed by atoms with Gasteiger partial charge in [-0.25, -0.2) is 4.39 Å². The first-order valence-electron chi connectivity index (χ1n) is 5.36. The van der Waals surface area contributed by atoms with Crippen LogP contribution in [0.5, 0.6) is 0 Å². The Hall–Kier alpha value is -0.900. The van der Waals surface area contributed by atoms with E-state index in [4.69, 9.17) is 11.6 Å². The second kappa shape index (κ2) is 5.63. The molecule has 0 aliphatic heterocycles. The van der Waals surface area contributed by atoms with Crippen molar-refractivity contribution >= 4 is 22.9 Å². The minimum absolute atomic E-state index is 0.237. The lowest BCUT2D eigenvalue weighted by molar-refractivity contribution is 0.570. The molecule has 0 saturated heterocycles. The van der Waals surface area contributed by atoms with Gasteiger partial charge in [-0.3, -0.25) is 0 Å². The first-order chi connectivity index (χ1) is 8.16. The Bertz CT molecular complexity index is 484. The summed E-state index contributed by atoms with van der Waals surface area (Å²) in [6.45, 7) is 2.64. The van der Waals surface area contributed by atoms with Crippen LogP contribution < -0.4 is 5.32 Å². The number of halogens is 2. The lowest BCUT2D eigenvalue weighted by Crippen LogP contribution is -2.17. The van der Waals surface area contributed by atoms with E-state index in [0.29, 0.717) is 11.6 Å². The van der Waals surface area contributed by atoms with Crippen LogP contribution in [0.2, 0.25) is 5.02 Å². The van der Waals surface area contributed by atoms with Gasteiger partial charge >= 0.3 is 0 Å². The molecule has 1 aromatic carbocycles. The fourth-order valence-electron chi connectivity index (χ4n) is 1.58. The number of hydrogen-bond donors (Lipinski definition) is 1. The van der Waals surface area contributed by atoms with E-state index in [-0.39, 0.29) is 11.9 Å². The maximum atomic E-state index is 13.1. The summed E-state index contributed by atoms with van der Waals surface area (Å²) < 4.78 is 13.1. The summed E-state index contributed by atoms with van der Waals surface area (Å²) >= 11 is 7.67. The molecule has 0 aliphatic carbocycles. The molecule has 0 spiro atoms. The van der Waals surface area contributed by atoms with Gasteiger partial charge in [0.15, 0.2) is 0 Å². The molecule has 0 bridgehead atoms. The Morgan fingerprint density at radius 1 is 1.41 bits per heavy atom. The molecule has 1 heterocycles. The predicted octanol–water partition coefficient (Wildman–Crippen LogP) is 4.39. The highest BCUT2D eigenvalue weighted by molar-refractivity contribution is 7.07. The molecule has 90 valence electrons. The van der Waals surface area contributed by atoms with E-state index in [2.05, 4.69) is 23.7 Å². The van der Waals surface area contributed by atoms with Gasteiger partial charge in [0.2, 0.25) is 0 Å². The van der Waals surface area contributed by atoms with Crippen LogP contribution in [0.25, 0.3) is 0 Å². The highest BCUT2D eigenvalue weighted by atomic mass is 35.5. The van der Waals surface area contributed by atoms with Crippen LogP contribution in [0.4, 0.5) is 4.39 Å². The first-order valence-corrected chi connectivity index (χ1v) is 6.68. The van der Waals surface area contributed by atoms with E-state index >= 15 is 0 Å². The molecule has 4 heteroatoms. The quantitative estimate of drug-likeness (QED) is 0.868. The van der Waals surface area contributed by atoms with Crippen molar-refractivity contribution in [2.75, 3.05) is 0 Å². The molecule has 0 saturated carbocycles. The largest absolute Gasteiger partial charge is 0.306 e. The van der Waals surface area contributed by atoms with Crippen molar-refractivity contribution in [2.24, 2.45) is 0 Å². The number of benzene rings is 1. The second-order valence-electron chi connectivity index (χ2n) is 3.90. The van der Waals surface area contributed by atoms with Crippen LogP contribution >= 0.6 is 22.9 Å². The highest BCUT2D eigenvalue weighted by Gasteiger charge is 2.07. The van der Waals surface area contributed by atoms with Crippen LogP contribution in [0.3, 0.4) is 0 Å². The van der Waals surface area contributed by atoms with Crippen molar-refractivity contribution in [1.29, 1.82) is 0 Å². The first kappa shape index (κ1) is 12.6. The second-order valence-corrected chi connectivity index (χ2v) is 5.08. The summed E-state index contributed by atoms with van der Waals surface area (Å²) in [6, 6.07) is 6.74. The Morgan fingerprint density at radius 2 is 2.24 bits per heavy atom. The van der Waals surface area contributed by atoms with E-state index in [1.807, 2.05) is 5.38 Å². The van der Waals surface area contributed by atoms with Crippen LogP contribution in [0, 0.1) is 5.82 Å². The van der Waals surface area contributed by atoms with E-state index < -0.39 is 0 Å². The van der Waals surface area contributed by atoms with Crippen molar-refractivity contribution in [3.63, 3.8) is 0 Å². The molecule has 2 rings (SSSR count). The SMILES string of the molecule is CC(NCc1cc(F)ccc1Cl)c1ccsc1. The third-order valence-electron chi connectivity index (χ3n) is 2.65. The third-order valence-corrected chi connectivity index (χ3v) is 3.72. The molecule has 1 unspecified atom stereocenters. The fourth-order valence-corrected chi connectivity index (χ4v) is 2.52. The number of hydrogen-bond acceptors (Lipinski definition) is 2. The predicted molar refractivity (Wildman–Crippen MR) is 71.0 cm³/mol. The summed E-state index contributed by atoms with van der Waals surface area (Å²) in [7, 11) is 0. The minimum atomic E-state index is -0.255. The Morgan fingerprint density at radius 3 is 2.94 bits per heavy atom. The van der Waals surface area contributed by atoms with Crippen LogP contribution in [0.1, 0.15) is 24.1 Å². The Kier molecular flexibility index (Phi) is 4.15. The van der Waals surface area contributed by atoms with Gasteiger partial charge in [0.25, 0.3) is 0 Å². The summed E-state index contributed by atoms with van der Waals surface area (Å²) in [4.78, 5) is 0. The monoisotopic (exact) mass is 269 g/mol. The number of thiophene rings is 1. The molecular formula is C13H13ClFNS. The normalized spacial score (nSPS) is 12.6. The van der Waals surface area contributed by atoms with Gasteiger partial charge in [0.05, 0.1) is 0 Å². The average Bonchev–Trinajstić information content (AvgIpc) is 2.83. The molecule has 1 nitrogen and oxygen atoms in total. The molecular weight excluding hydrogens is 257 g/mol. The molecule has 1 aromatic heterocycles. The standard InChI is InChI=1S/C13H13ClFNS/c1-9(10-4-5-17-8-10)16-7-11-6-12(15)2-3-13(11)14/h2-6,8-9,16H,7H2,1H3. The summed E-state index contributed by atoms with van der Waals surface area (Å²) in [6.07, 6.45) is 0. The van der Waals surface area contributed by atoms with Crippen molar-refractivity contribution in [3.05, 3.63) is 57.0 Å². The number of nitrogens with one attached hydrogen (secondary N) is 1. The Balaban J connectivity index is 2.00. The molecule has 0 amide bonds. The molecule has 1 atom stereocenters. The molecule has 1 N–H and O–H groups in total. The third kappa shape index (κ3) is 3.28. The Labute approximate surface area is 109 Å². The van der Waals surface area contributed by atoms with Gasteiger partial charge in [0.1, 0.15) is 5.82 Å². The maximum absolute atomic E-state index is 13.1. The fraction of sp³-hybridized carbons (Fsp3) is 0.231. The zero-order chi connectivity index (χ0) is 12.3. The van der Waals surface area contributed by atoms with Crippen molar-refractivity contribution < 1.29 is 4.39 Å². The lowest BCUT2D eigenvalue weighted by atomic mass is 10.1. The van der Waals surface area contributed by atoms with Crippen molar-refractivity contribution in [2.45, 2.75) is 19.5 Å². The van der Waals surface area contributed by atoms with Gasteiger partial charge in [0, 0.05) is 17.6 Å². The maximum Gasteiger partial charge on any atom is 0.123 e. The van der Waals surface area contributed by atoms with Crippen LogP contribution in [-0.2, 0) is 6.54 Å². The van der Waals surface area contributed by atoms with Gasteiger partial charge in [-0.15, -0.1) is 0 Å². The van der Waals surface area contributed by atoms with Gasteiger partial charge < -0.3 is 5.32 Å². The van der Waals surface area contributed by atoms with Gasteiger partial charge in [-0.05, 0) is 53.1 Å². The lowest BCUT2D eigenvalue weighted by Gasteiger charge is -2.13. The highest BCUT2D eigenvalue weighted by Crippen LogP contribution is 2.20. The molecule has 0 aliphatic rings. The average molecular weight is 270 g/mol. The van der Waals surface area contributed by atoms with Crippen molar-refractivity contribution in [1.82, 2.24) is 5.32 Å². The van der Waals surface area contributed by atoms with Gasteiger partial charge in [-0.1, -0.05) is 11.6 Å². The van der Waals surface area contributed by atoms with Crippen molar-refractivity contribution in [3.8, 4) is 0 Å². The zero-order valence-electron chi connectivity index (χ0n) is 9.41. The molecule has 17 heavy (non-hydrogen) atoms. The summed E-state index contributed by atoms with van der Waals surface area (Å²) in [5.41, 5.74) is 2.02. The molecule has 0 radical (unpaired) electrons. The van der Waals surface area contributed by atoms with E-state index in [1.54, 1.807) is 17.4 Å². The molecule has 2 aromatic rings. The van der Waals surface area contributed by atoms with Gasteiger partial charge in [-0.2, -0.15) is 11.3 Å². The van der Waals surface area contributed by atoms with Crippen LogP contribution in [-0.4, -0.2) is 0 Å². The molecule has 0 fully saturated rings. The van der Waals surface area contributed by atoms with Crippen LogP contribution in [0.15, 0.2) is 35.0 Å². The summed E-state index contributed by atoms with van der Waals surface area (Å²) in [5, 5.41) is 8.07. The smallest absolute Gasteiger partial charge is 0.123 e. The minimum Gasteiger partial charge on any atom is -0.306 e. The van der Waals surface area contributed by atoms with E-state index in [1.165, 1.54) is 17.7 Å².